The molecule has 0 bridgehead atoms. The van der Waals surface area contributed by atoms with E-state index in [9.17, 15) is 4.79 Å². The van der Waals surface area contributed by atoms with Gasteiger partial charge in [0.05, 0.1) is 38.4 Å². The van der Waals surface area contributed by atoms with Crippen LogP contribution in [-0.2, 0) is 69.1 Å². The highest BCUT2D eigenvalue weighted by atomic mass is 16.7. The Morgan fingerprint density at radius 1 is 0.593 bits per heavy atom. The molecule has 0 aliphatic carbocycles. The van der Waals surface area contributed by atoms with Gasteiger partial charge in [-0.2, -0.15) is 0 Å². The number of hydrogen-bond acceptors (Lipinski definition) is 9. The van der Waals surface area contributed by atoms with Gasteiger partial charge in [-0.25, -0.2) is 0 Å². The van der Waals surface area contributed by atoms with Crippen molar-refractivity contribution in [2.45, 2.75) is 104 Å². The number of ether oxygens (including phenoxy) is 8. The van der Waals surface area contributed by atoms with Gasteiger partial charge in [0.1, 0.15) is 30.5 Å². The fourth-order valence-corrected chi connectivity index (χ4v) is 6.23. The summed E-state index contributed by atoms with van der Waals surface area (Å²) in [6.07, 6.45) is -5.80. The highest BCUT2D eigenvalue weighted by Crippen LogP contribution is 2.35. The van der Waals surface area contributed by atoms with Crippen LogP contribution < -0.4 is 0 Å². The normalized spacial score (nSPS) is 20.8. The molecule has 0 amide bonds. The SMILES string of the molecule is CCOC(OCC)[C@@H](OCc1ccccc1)[C@@H]1O[C@H](COCc2ccccc2)[C@H](OCc2ccccc2)[C@H](OCc2ccccc2)[C@H]1OC(=O)C(C)(C)C. The Hall–Kier alpha value is -3.93. The molecule has 0 saturated carbocycles. The molecule has 4 aromatic rings. The van der Waals surface area contributed by atoms with Crippen LogP contribution >= 0.6 is 0 Å². The number of carbonyl (C=O) groups is 1. The first-order valence-electron chi connectivity index (χ1n) is 18.9. The minimum absolute atomic E-state index is 0.162. The fourth-order valence-electron chi connectivity index (χ4n) is 6.23. The maximum absolute atomic E-state index is 13.9. The standard InChI is InChI=1S/C45H56O9/c1-6-48-43(49-7-2)42(52-31-36-26-18-11-19-27-36)41-40(54-44(46)45(3,4)5)39(51-30-35-24-16-10-17-25-35)38(50-29-34-22-14-9-15-23-34)37(53-41)32-47-28-33-20-12-8-13-21-33/h8-27,37-43H,6-7,28-32H2,1-5H3/t37-,38+,39+,40-,41-,42+/m1/s1. The molecule has 9 nitrogen and oxygen atoms in total. The topological polar surface area (TPSA) is 90.9 Å². The maximum Gasteiger partial charge on any atom is 0.311 e. The van der Waals surface area contributed by atoms with Gasteiger partial charge in [-0.05, 0) is 56.9 Å². The second kappa shape index (κ2) is 21.2. The maximum atomic E-state index is 13.9. The Bertz CT molecular complexity index is 1610. The number of esters is 1. The molecule has 54 heavy (non-hydrogen) atoms. The summed E-state index contributed by atoms with van der Waals surface area (Å²) in [6, 6.07) is 39.7. The molecule has 9 heteroatoms. The minimum Gasteiger partial charge on any atom is -0.456 e. The van der Waals surface area contributed by atoms with Crippen molar-refractivity contribution in [3.05, 3.63) is 144 Å². The summed E-state index contributed by atoms with van der Waals surface area (Å²) in [5, 5.41) is 0. The van der Waals surface area contributed by atoms with Crippen molar-refractivity contribution in [2.24, 2.45) is 5.41 Å². The number of hydrogen-bond donors (Lipinski definition) is 0. The van der Waals surface area contributed by atoms with Gasteiger partial charge in [-0.15, -0.1) is 0 Å². The van der Waals surface area contributed by atoms with E-state index in [-0.39, 0.29) is 26.4 Å². The van der Waals surface area contributed by atoms with Crippen molar-refractivity contribution in [1.82, 2.24) is 0 Å². The zero-order valence-electron chi connectivity index (χ0n) is 32.2. The molecule has 6 atom stereocenters. The molecule has 0 radical (unpaired) electrons. The summed E-state index contributed by atoms with van der Waals surface area (Å²) >= 11 is 0. The highest BCUT2D eigenvalue weighted by Gasteiger charge is 2.54. The van der Waals surface area contributed by atoms with Crippen LogP contribution in [0.2, 0.25) is 0 Å². The molecule has 1 saturated heterocycles. The lowest BCUT2D eigenvalue weighted by atomic mass is 9.90. The lowest BCUT2D eigenvalue weighted by Gasteiger charge is -2.49. The monoisotopic (exact) mass is 740 g/mol. The van der Waals surface area contributed by atoms with E-state index in [1.165, 1.54) is 0 Å². The number of carbonyl (C=O) groups excluding carboxylic acids is 1. The lowest BCUT2D eigenvalue weighted by molar-refractivity contribution is -0.311. The van der Waals surface area contributed by atoms with Gasteiger partial charge in [0.25, 0.3) is 0 Å². The van der Waals surface area contributed by atoms with E-state index in [1.54, 1.807) is 0 Å². The van der Waals surface area contributed by atoms with Crippen LogP contribution in [0.4, 0.5) is 0 Å². The Kier molecular flexibility index (Phi) is 16.2. The van der Waals surface area contributed by atoms with Crippen LogP contribution in [0.15, 0.2) is 121 Å². The molecule has 1 aliphatic rings. The third-order valence-corrected chi connectivity index (χ3v) is 9.03. The van der Waals surface area contributed by atoms with E-state index in [2.05, 4.69) is 0 Å². The summed E-state index contributed by atoms with van der Waals surface area (Å²) in [6.45, 7) is 11.3. The van der Waals surface area contributed by atoms with Crippen molar-refractivity contribution >= 4 is 5.97 Å². The largest absolute Gasteiger partial charge is 0.456 e. The molecule has 1 aliphatic heterocycles. The van der Waals surface area contributed by atoms with Crippen LogP contribution in [0.5, 0.6) is 0 Å². The molecule has 1 fully saturated rings. The summed E-state index contributed by atoms with van der Waals surface area (Å²) in [5.74, 6) is -0.416. The molecule has 0 aromatic heterocycles. The van der Waals surface area contributed by atoms with E-state index >= 15 is 0 Å². The van der Waals surface area contributed by atoms with Crippen LogP contribution in [0.3, 0.4) is 0 Å². The molecule has 0 unspecified atom stereocenters. The molecule has 0 spiro atoms. The minimum atomic E-state index is -0.990. The van der Waals surface area contributed by atoms with Gasteiger partial charge in [-0.1, -0.05) is 121 Å². The van der Waals surface area contributed by atoms with Crippen molar-refractivity contribution < 1.29 is 42.7 Å². The zero-order chi connectivity index (χ0) is 38.2. The Morgan fingerprint density at radius 3 is 1.50 bits per heavy atom. The smallest absolute Gasteiger partial charge is 0.311 e. The molecule has 290 valence electrons. The Balaban J connectivity index is 1.58. The average molecular weight is 741 g/mol. The summed E-state index contributed by atoms with van der Waals surface area (Å²) in [5.41, 5.74) is 3.09. The predicted octanol–water partition coefficient (Wildman–Crippen LogP) is 8.08. The third-order valence-electron chi connectivity index (χ3n) is 9.03. The van der Waals surface area contributed by atoms with Crippen LogP contribution in [0.25, 0.3) is 0 Å². The highest BCUT2D eigenvalue weighted by molar-refractivity contribution is 5.75. The van der Waals surface area contributed by atoms with Crippen LogP contribution in [0.1, 0.15) is 56.9 Å². The predicted molar refractivity (Wildman–Crippen MR) is 206 cm³/mol. The average Bonchev–Trinajstić information content (AvgIpc) is 3.18. The fraction of sp³-hybridized carbons (Fsp3) is 0.444. The van der Waals surface area contributed by atoms with Crippen LogP contribution in [-0.4, -0.2) is 68.7 Å². The third kappa shape index (κ3) is 12.3. The van der Waals surface area contributed by atoms with E-state index in [4.69, 9.17) is 37.9 Å². The van der Waals surface area contributed by atoms with Gasteiger partial charge in [0.2, 0.25) is 0 Å². The summed E-state index contributed by atoms with van der Waals surface area (Å²) in [4.78, 5) is 13.9. The van der Waals surface area contributed by atoms with Gasteiger partial charge in [0, 0.05) is 13.2 Å². The number of rotatable bonds is 20. The van der Waals surface area contributed by atoms with Crippen molar-refractivity contribution in [2.75, 3.05) is 19.8 Å². The first-order valence-corrected chi connectivity index (χ1v) is 18.9. The van der Waals surface area contributed by atoms with Crippen LogP contribution in [0, 0.1) is 5.41 Å². The first-order chi connectivity index (χ1) is 26.3. The van der Waals surface area contributed by atoms with Gasteiger partial charge < -0.3 is 37.9 Å². The zero-order valence-corrected chi connectivity index (χ0v) is 32.2. The second-order valence-corrected chi connectivity index (χ2v) is 14.3. The Labute approximate surface area is 320 Å². The van der Waals surface area contributed by atoms with Gasteiger partial charge in [-0.3, -0.25) is 4.79 Å². The summed E-state index contributed by atoms with van der Waals surface area (Å²) in [7, 11) is 0. The van der Waals surface area contributed by atoms with Crippen molar-refractivity contribution in [3.8, 4) is 0 Å². The Morgan fingerprint density at radius 2 is 1.04 bits per heavy atom. The van der Waals surface area contributed by atoms with Crippen molar-refractivity contribution in [1.29, 1.82) is 0 Å². The van der Waals surface area contributed by atoms with E-state index < -0.39 is 54.3 Å². The second-order valence-electron chi connectivity index (χ2n) is 14.3. The molecule has 1 heterocycles. The molecule has 5 rings (SSSR count). The quantitative estimate of drug-likeness (QED) is 0.0659. The van der Waals surface area contributed by atoms with E-state index in [1.807, 2.05) is 156 Å². The molecule has 0 N–H and O–H groups in total. The lowest BCUT2D eigenvalue weighted by Crippen LogP contribution is -2.66. The summed E-state index contributed by atoms with van der Waals surface area (Å²) < 4.78 is 52.7. The molecule has 4 aromatic carbocycles. The van der Waals surface area contributed by atoms with E-state index in [0.717, 1.165) is 22.3 Å². The van der Waals surface area contributed by atoms with E-state index in [0.29, 0.717) is 19.8 Å². The molecular weight excluding hydrogens is 684 g/mol. The van der Waals surface area contributed by atoms with Gasteiger partial charge >= 0.3 is 5.97 Å². The van der Waals surface area contributed by atoms with Gasteiger partial charge in [0.15, 0.2) is 12.4 Å². The molecular formula is C45H56O9. The first kappa shape index (κ1) is 41.2. The number of benzene rings is 4. The van der Waals surface area contributed by atoms with Crippen molar-refractivity contribution in [3.63, 3.8) is 0 Å².